The number of carbonyl (C=O) groups excluding carboxylic acids is 2. The molecule has 2 rings (SSSR count). The second-order valence-electron chi connectivity index (χ2n) is 3.76. The number of esters is 1. The smallest absolute Gasteiger partial charge is 0.327 e. The van der Waals surface area contributed by atoms with Crippen molar-refractivity contribution in [1.82, 2.24) is 20.0 Å². The van der Waals surface area contributed by atoms with Crippen molar-refractivity contribution in [2.75, 3.05) is 12.4 Å². The highest BCUT2D eigenvalue weighted by atomic mass is 16.5. The Hall–Kier alpha value is -2.97. The molecule has 2 aromatic rings. The van der Waals surface area contributed by atoms with E-state index >= 15 is 0 Å². The van der Waals surface area contributed by atoms with Gasteiger partial charge in [-0.1, -0.05) is 0 Å². The fourth-order valence-electron chi connectivity index (χ4n) is 1.38. The van der Waals surface area contributed by atoms with Gasteiger partial charge in [-0.2, -0.15) is 10.2 Å². The van der Waals surface area contributed by atoms with E-state index in [1.807, 2.05) is 0 Å². The van der Waals surface area contributed by atoms with Crippen LogP contribution in [0.25, 0.3) is 0 Å². The molecule has 0 saturated heterocycles. The van der Waals surface area contributed by atoms with E-state index in [-0.39, 0.29) is 12.2 Å². The predicted octanol–water partition coefficient (Wildman–Crippen LogP) is -0.608. The number of ether oxygens (including phenoxy) is 1. The maximum atomic E-state index is 11.8. The first-order valence-electron chi connectivity index (χ1n) is 5.55. The third kappa shape index (κ3) is 3.28. The van der Waals surface area contributed by atoms with Crippen LogP contribution in [0, 0.1) is 0 Å². The van der Waals surface area contributed by atoms with Crippen LogP contribution in [-0.2, 0) is 16.1 Å². The first-order chi connectivity index (χ1) is 9.58. The van der Waals surface area contributed by atoms with Crippen molar-refractivity contribution in [1.29, 1.82) is 0 Å². The summed E-state index contributed by atoms with van der Waals surface area (Å²) < 4.78 is 5.82. The van der Waals surface area contributed by atoms with Crippen molar-refractivity contribution in [2.45, 2.75) is 6.54 Å². The van der Waals surface area contributed by atoms with Crippen LogP contribution in [0.4, 0.5) is 5.69 Å². The number of carbonyl (C=O) groups is 2. The highest BCUT2D eigenvalue weighted by Gasteiger charge is 2.10. The zero-order chi connectivity index (χ0) is 14.5. The molecule has 0 aliphatic carbocycles. The summed E-state index contributed by atoms with van der Waals surface area (Å²) in [7, 11) is 1.27. The molecule has 9 heteroatoms. The Labute approximate surface area is 112 Å². The number of methoxy groups -OCH3 is 1. The number of H-pyrrole nitrogens is 1. The van der Waals surface area contributed by atoms with Gasteiger partial charge in [0.05, 0.1) is 19.0 Å². The lowest BCUT2D eigenvalue weighted by molar-refractivity contribution is -0.141. The third-order valence-corrected chi connectivity index (χ3v) is 2.32. The standard InChI is InChI=1S/C11H11N5O4/c1-20-10(18)6-16-5-7(4-12-16)13-11(19)8-2-3-9(17)15-14-8/h2-5H,6H2,1H3,(H,13,19)(H,15,17). The van der Waals surface area contributed by atoms with E-state index in [2.05, 4.69) is 25.3 Å². The van der Waals surface area contributed by atoms with E-state index in [0.29, 0.717) is 5.69 Å². The highest BCUT2D eigenvalue weighted by molar-refractivity contribution is 6.02. The first kappa shape index (κ1) is 13.5. The monoisotopic (exact) mass is 277 g/mol. The van der Waals surface area contributed by atoms with Crippen molar-refractivity contribution < 1.29 is 14.3 Å². The van der Waals surface area contributed by atoms with Gasteiger partial charge >= 0.3 is 5.97 Å². The fraction of sp³-hybridized carbons (Fsp3) is 0.182. The molecule has 9 nitrogen and oxygen atoms in total. The third-order valence-electron chi connectivity index (χ3n) is 2.32. The largest absolute Gasteiger partial charge is 0.468 e. The normalized spacial score (nSPS) is 10.1. The van der Waals surface area contributed by atoms with Crippen molar-refractivity contribution >= 4 is 17.6 Å². The predicted molar refractivity (Wildman–Crippen MR) is 67.1 cm³/mol. The Bertz CT molecular complexity index is 670. The Morgan fingerprint density at radius 1 is 1.45 bits per heavy atom. The van der Waals surface area contributed by atoms with Crippen LogP contribution in [-0.4, -0.2) is 39.0 Å². The molecule has 20 heavy (non-hydrogen) atoms. The molecule has 104 valence electrons. The summed E-state index contributed by atoms with van der Waals surface area (Å²) in [6, 6.07) is 2.50. The maximum absolute atomic E-state index is 11.8. The minimum atomic E-state index is -0.501. The number of rotatable bonds is 4. The number of aromatic nitrogens is 4. The van der Waals surface area contributed by atoms with E-state index in [1.165, 1.54) is 36.3 Å². The zero-order valence-corrected chi connectivity index (χ0v) is 10.5. The van der Waals surface area contributed by atoms with E-state index in [1.54, 1.807) is 0 Å². The average Bonchev–Trinajstić information content (AvgIpc) is 2.86. The summed E-state index contributed by atoms with van der Waals surface area (Å²) in [5.74, 6) is -0.952. The van der Waals surface area contributed by atoms with Crippen LogP contribution in [0.2, 0.25) is 0 Å². The highest BCUT2D eigenvalue weighted by Crippen LogP contribution is 2.06. The molecule has 0 atom stereocenters. The van der Waals surface area contributed by atoms with E-state index in [4.69, 9.17) is 0 Å². The molecular formula is C11H11N5O4. The molecule has 0 saturated carbocycles. The van der Waals surface area contributed by atoms with Crippen molar-refractivity contribution in [3.63, 3.8) is 0 Å². The molecule has 0 radical (unpaired) electrons. The number of nitrogens with one attached hydrogen (secondary N) is 2. The van der Waals surface area contributed by atoms with Crippen molar-refractivity contribution in [3.8, 4) is 0 Å². The number of anilines is 1. The molecule has 2 heterocycles. The minimum Gasteiger partial charge on any atom is -0.468 e. The van der Waals surface area contributed by atoms with Crippen molar-refractivity contribution in [2.24, 2.45) is 0 Å². The molecule has 2 aromatic heterocycles. The molecule has 2 N–H and O–H groups in total. The minimum absolute atomic E-state index is 0.0523. The van der Waals surface area contributed by atoms with E-state index in [9.17, 15) is 14.4 Å². The summed E-state index contributed by atoms with van der Waals surface area (Å²) in [4.78, 5) is 33.7. The Morgan fingerprint density at radius 2 is 2.25 bits per heavy atom. The van der Waals surface area contributed by atoms with Gasteiger partial charge in [0, 0.05) is 12.3 Å². The quantitative estimate of drug-likeness (QED) is 0.720. The van der Waals surface area contributed by atoms with Gasteiger partial charge in [-0.05, 0) is 6.07 Å². The molecule has 0 aliphatic heterocycles. The van der Waals surface area contributed by atoms with Crippen LogP contribution in [0.3, 0.4) is 0 Å². The van der Waals surface area contributed by atoms with Gasteiger partial charge in [-0.25, -0.2) is 5.10 Å². The van der Waals surface area contributed by atoms with E-state index in [0.717, 1.165) is 0 Å². The molecule has 0 bridgehead atoms. The average molecular weight is 277 g/mol. The van der Waals surface area contributed by atoms with Gasteiger partial charge in [0.25, 0.3) is 11.5 Å². The first-order valence-corrected chi connectivity index (χ1v) is 5.55. The van der Waals surface area contributed by atoms with Gasteiger partial charge in [-0.3, -0.25) is 19.1 Å². The zero-order valence-electron chi connectivity index (χ0n) is 10.5. The Kier molecular flexibility index (Phi) is 3.89. The maximum Gasteiger partial charge on any atom is 0.327 e. The number of nitrogens with zero attached hydrogens (tertiary/aromatic N) is 3. The summed E-state index contributed by atoms with van der Waals surface area (Å²) >= 11 is 0. The topological polar surface area (TPSA) is 119 Å². The van der Waals surface area contributed by atoms with Gasteiger partial charge in [0.1, 0.15) is 12.2 Å². The lowest BCUT2D eigenvalue weighted by Crippen LogP contribution is -2.17. The molecule has 0 aromatic carbocycles. The summed E-state index contributed by atoms with van der Waals surface area (Å²) in [5.41, 5.74) is 0.0599. The summed E-state index contributed by atoms with van der Waals surface area (Å²) in [5, 5.41) is 12.2. The fourth-order valence-corrected chi connectivity index (χ4v) is 1.38. The van der Waals surface area contributed by atoms with Crippen LogP contribution >= 0.6 is 0 Å². The number of hydrogen-bond acceptors (Lipinski definition) is 6. The van der Waals surface area contributed by atoms with Gasteiger partial charge in [0.15, 0.2) is 0 Å². The van der Waals surface area contributed by atoms with Crippen LogP contribution < -0.4 is 10.9 Å². The summed E-state index contributed by atoms with van der Waals surface area (Å²) in [6.45, 7) is -0.0523. The van der Waals surface area contributed by atoms with Gasteiger partial charge < -0.3 is 10.1 Å². The lowest BCUT2D eigenvalue weighted by Gasteiger charge is -2.00. The van der Waals surface area contributed by atoms with Gasteiger partial charge in [-0.15, -0.1) is 0 Å². The lowest BCUT2D eigenvalue weighted by atomic mass is 10.3. The SMILES string of the molecule is COC(=O)Cn1cc(NC(=O)c2ccc(=O)[nH]n2)cn1. The van der Waals surface area contributed by atoms with Gasteiger partial charge in [0.2, 0.25) is 0 Å². The number of amides is 1. The van der Waals surface area contributed by atoms with E-state index < -0.39 is 17.4 Å². The molecule has 1 amide bonds. The van der Waals surface area contributed by atoms with Crippen LogP contribution in [0.1, 0.15) is 10.5 Å². The summed E-state index contributed by atoms with van der Waals surface area (Å²) in [6.07, 6.45) is 2.85. The Morgan fingerprint density at radius 3 is 2.90 bits per heavy atom. The number of hydrogen-bond donors (Lipinski definition) is 2. The molecule has 0 aliphatic rings. The molecule has 0 spiro atoms. The molecule has 0 unspecified atom stereocenters. The number of aromatic amines is 1. The Balaban J connectivity index is 2.03. The molecule has 0 fully saturated rings. The molecular weight excluding hydrogens is 266 g/mol. The van der Waals surface area contributed by atoms with Crippen LogP contribution in [0.15, 0.2) is 29.3 Å². The van der Waals surface area contributed by atoms with Crippen LogP contribution in [0.5, 0.6) is 0 Å². The second kappa shape index (κ2) is 5.78. The second-order valence-corrected chi connectivity index (χ2v) is 3.76. The van der Waals surface area contributed by atoms with Crippen molar-refractivity contribution in [3.05, 3.63) is 40.6 Å².